The van der Waals surface area contributed by atoms with Crippen LogP contribution in [0.25, 0.3) is 0 Å². The normalized spacial score (nSPS) is 10.6. The van der Waals surface area contributed by atoms with Crippen LogP contribution in [-0.2, 0) is 10.0 Å². The average molecular weight is 306 g/mol. The Morgan fingerprint density at radius 3 is 2.57 bits per heavy atom. The molecule has 0 unspecified atom stereocenters. The second-order valence-electron chi connectivity index (χ2n) is 3.95. The molecule has 2 N–H and O–H groups in total. The Morgan fingerprint density at radius 1 is 1.24 bits per heavy atom. The Balaban J connectivity index is 2.26. The van der Waals surface area contributed by atoms with Crippen molar-refractivity contribution in [2.75, 3.05) is 11.3 Å². The van der Waals surface area contributed by atoms with Crippen molar-refractivity contribution >= 4 is 15.7 Å². The van der Waals surface area contributed by atoms with Gasteiger partial charge in [0.2, 0.25) is 0 Å². The molecular formula is C14H11FN2O3S. The summed E-state index contributed by atoms with van der Waals surface area (Å²) in [5.74, 6) is 4.34. The minimum Gasteiger partial charge on any atom is -0.384 e. The number of aliphatic hydroxyl groups is 1. The summed E-state index contributed by atoms with van der Waals surface area (Å²) in [5.41, 5.74) is 0.396. The monoisotopic (exact) mass is 306 g/mol. The predicted molar refractivity (Wildman–Crippen MR) is 75.4 cm³/mol. The summed E-state index contributed by atoms with van der Waals surface area (Å²) in [6.07, 6.45) is 2.21. The van der Waals surface area contributed by atoms with E-state index in [0.717, 1.165) is 6.20 Å². The van der Waals surface area contributed by atoms with E-state index in [1.54, 1.807) is 0 Å². The van der Waals surface area contributed by atoms with Gasteiger partial charge in [0.15, 0.2) is 5.82 Å². The zero-order chi connectivity index (χ0) is 15.3. The van der Waals surface area contributed by atoms with Crippen molar-refractivity contribution in [3.8, 4) is 11.8 Å². The molecule has 1 aromatic heterocycles. The van der Waals surface area contributed by atoms with Crippen LogP contribution in [0.2, 0.25) is 0 Å². The quantitative estimate of drug-likeness (QED) is 0.839. The average Bonchev–Trinajstić information content (AvgIpc) is 2.48. The highest BCUT2D eigenvalue weighted by Gasteiger charge is 2.15. The van der Waals surface area contributed by atoms with Gasteiger partial charge in [0.25, 0.3) is 10.0 Å². The van der Waals surface area contributed by atoms with Gasteiger partial charge in [0.1, 0.15) is 6.61 Å². The van der Waals surface area contributed by atoms with Crippen molar-refractivity contribution in [3.05, 3.63) is 54.1 Å². The standard InChI is InChI=1S/C14H11FN2O3S/c15-13-10-16-8-7-14(13)17-21(19,20)12-5-3-11(4-6-12)2-1-9-18/h3-8,10,18H,9H2,(H,16,17). The van der Waals surface area contributed by atoms with Crippen LogP contribution in [-0.4, -0.2) is 25.1 Å². The third-order valence-electron chi connectivity index (χ3n) is 2.49. The predicted octanol–water partition coefficient (Wildman–Crippen LogP) is 1.37. The maximum absolute atomic E-state index is 13.4. The Kier molecular flexibility index (Phi) is 4.52. The van der Waals surface area contributed by atoms with E-state index in [4.69, 9.17) is 5.11 Å². The topological polar surface area (TPSA) is 79.3 Å². The van der Waals surface area contributed by atoms with Gasteiger partial charge in [-0.1, -0.05) is 11.8 Å². The molecule has 0 aliphatic carbocycles. The first-order valence-electron chi connectivity index (χ1n) is 5.85. The van der Waals surface area contributed by atoms with Gasteiger partial charge in [0, 0.05) is 11.8 Å². The van der Waals surface area contributed by atoms with Gasteiger partial charge in [-0.3, -0.25) is 9.71 Å². The highest BCUT2D eigenvalue weighted by Crippen LogP contribution is 2.18. The molecule has 0 amide bonds. The van der Waals surface area contributed by atoms with Crippen molar-refractivity contribution in [3.63, 3.8) is 0 Å². The number of sulfonamides is 1. The Labute approximate surface area is 121 Å². The number of aliphatic hydroxyl groups excluding tert-OH is 1. The minimum atomic E-state index is -3.89. The number of halogens is 1. The number of rotatable bonds is 3. The summed E-state index contributed by atoms with van der Waals surface area (Å²) >= 11 is 0. The van der Waals surface area contributed by atoms with E-state index in [1.807, 2.05) is 0 Å². The van der Waals surface area contributed by atoms with Gasteiger partial charge >= 0.3 is 0 Å². The summed E-state index contributed by atoms with van der Waals surface area (Å²) in [7, 11) is -3.89. The Hall–Kier alpha value is -2.43. The fourth-order valence-electron chi connectivity index (χ4n) is 1.52. The molecule has 21 heavy (non-hydrogen) atoms. The van der Waals surface area contributed by atoms with Crippen molar-refractivity contribution in [1.29, 1.82) is 0 Å². The van der Waals surface area contributed by atoms with Crippen molar-refractivity contribution < 1.29 is 17.9 Å². The number of benzene rings is 1. The highest BCUT2D eigenvalue weighted by atomic mass is 32.2. The lowest BCUT2D eigenvalue weighted by Crippen LogP contribution is -2.14. The molecule has 5 nitrogen and oxygen atoms in total. The third-order valence-corrected chi connectivity index (χ3v) is 3.87. The van der Waals surface area contributed by atoms with E-state index in [-0.39, 0.29) is 17.2 Å². The van der Waals surface area contributed by atoms with Crippen molar-refractivity contribution in [1.82, 2.24) is 4.98 Å². The minimum absolute atomic E-state index is 0.0201. The second kappa shape index (κ2) is 6.35. The lowest BCUT2D eigenvalue weighted by molar-refractivity contribution is 0.350. The summed E-state index contributed by atoms with van der Waals surface area (Å²) in [6.45, 7) is -0.275. The molecule has 0 fully saturated rings. The molecule has 108 valence electrons. The van der Waals surface area contributed by atoms with Crippen LogP contribution in [0.3, 0.4) is 0 Å². The summed E-state index contributed by atoms with van der Waals surface area (Å²) in [6, 6.07) is 6.93. The van der Waals surface area contributed by atoms with Gasteiger partial charge in [0.05, 0.1) is 16.8 Å². The molecule has 0 saturated carbocycles. The molecule has 0 aliphatic rings. The third kappa shape index (κ3) is 3.78. The van der Waals surface area contributed by atoms with Gasteiger partial charge in [-0.2, -0.15) is 0 Å². The van der Waals surface area contributed by atoms with Crippen LogP contribution >= 0.6 is 0 Å². The van der Waals surface area contributed by atoms with E-state index < -0.39 is 15.8 Å². The molecule has 0 spiro atoms. The molecule has 0 radical (unpaired) electrons. The smallest absolute Gasteiger partial charge is 0.261 e. The summed E-state index contributed by atoms with van der Waals surface area (Å²) in [4.78, 5) is 3.52. The fourth-order valence-corrected chi connectivity index (χ4v) is 2.59. The molecule has 2 rings (SSSR count). The van der Waals surface area contributed by atoms with Crippen LogP contribution in [0, 0.1) is 17.7 Å². The number of pyridine rings is 1. The molecule has 0 saturated heterocycles. The molecule has 2 aromatic rings. The SMILES string of the molecule is O=S(=O)(Nc1ccncc1F)c1ccc(C#CCO)cc1. The van der Waals surface area contributed by atoms with Crippen LogP contribution < -0.4 is 4.72 Å². The van der Waals surface area contributed by atoms with Gasteiger partial charge in [-0.25, -0.2) is 12.8 Å². The first kappa shape index (κ1) is 15.0. The Morgan fingerprint density at radius 2 is 1.95 bits per heavy atom. The molecule has 0 atom stereocenters. The van der Waals surface area contributed by atoms with E-state index in [2.05, 4.69) is 21.5 Å². The molecule has 7 heteroatoms. The maximum atomic E-state index is 13.4. The number of nitrogens with one attached hydrogen (secondary N) is 1. The zero-order valence-corrected chi connectivity index (χ0v) is 11.6. The maximum Gasteiger partial charge on any atom is 0.261 e. The number of hydrogen-bond acceptors (Lipinski definition) is 4. The Bertz CT molecular complexity index is 793. The number of nitrogens with zero attached hydrogens (tertiary/aromatic N) is 1. The van der Waals surface area contributed by atoms with Crippen molar-refractivity contribution in [2.24, 2.45) is 0 Å². The van der Waals surface area contributed by atoms with E-state index >= 15 is 0 Å². The van der Waals surface area contributed by atoms with E-state index in [0.29, 0.717) is 5.56 Å². The van der Waals surface area contributed by atoms with Crippen LogP contribution in [0.1, 0.15) is 5.56 Å². The summed E-state index contributed by atoms with van der Waals surface area (Å²) in [5, 5.41) is 8.58. The zero-order valence-electron chi connectivity index (χ0n) is 10.7. The molecular weight excluding hydrogens is 295 g/mol. The van der Waals surface area contributed by atoms with E-state index in [9.17, 15) is 12.8 Å². The lowest BCUT2D eigenvalue weighted by atomic mass is 10.2. The van der Waals surface area contributed by atoms with Crippen LogP contribution in [0.4, 0.5) is 10.1 Å². The van der Waals surface area contributed by atoms with E-state index in [1.165, 1.54) is 36.5 Å². The van der Waals surface area contributed by atoms with Crippen LogP contribution in [0.15, 0.2) is 47.6 Å². The molecule has 0 bridgehead atoms. The van der Waals surface area contributed by atoms with Crippen LogP contribution in [0.5, 0.6) is 0 Å². The molecule has 1 heterocycles. The lowest BCUT2D eigenvalue weighted by Gasteiger charge is -2.08. The summed E-state index contributed by atoms with van der Waals surface area (Å²) < 4.78 is 39.8. The highest BCUT2D eigenvalue weighted by molar-refractivity contribution is 7.92. The largest absolute Gasteiger partial charge is 0.384 e. The number of aromatic nitrogens is 1. The molecule has 1 aromatic carbocycles. The second-order valence-corrected chi connectivity index (χ2v) is 5.63. The fraction of sp³-hybridized carbons (Fsp3) is 0.0714. The molecule has 0 aliphatic heterocycles. The van der Waals surface area contributed by atoms with Gasteiger partial charge in [-0.05, 0) is 30.3 Å². The van der Waals surface area contributed by atoms with Gasteiger partial charge < -0.3 is 5.11 Å². The number of anilines is 1. The number of hydrogen-bond donors (Lipinski definition) is 2. The van der Waals surface area contributed by atoms with Crippen molar-refractivity contribution in [2.45, 2.75) is 4.90 Å². The first-order valence-corrected chi connectivity index (χ1v) is 7.33. The first-order chi connectivity index (χ1) is 10.0. The van der Waals surface area contributed by atoms with Gasteiger partial charge in [-0.15, -0.1) is 0 Å².